The molecule has 0 spiro atoms. The lowest BCUT2D eigenvalue weighted by Gasteiger charge is -2.15. The number of hydrogen-bond acceptors (Lipinski definition) is 7. The Balaban J connectivity index is 1.58. The van der Waals surface area contributed by atoms with Crippen LogP contribution in [0, 0.1) is 10.1 Å². The smallest absolute Gasteiger partial charge is 0.270 e. The van der Waals surface area contributed by atoms with Crippen molar-refractivity contribution >= 4 is 57.4 Å². The Hall–Kier alpha value is -3.56. The number of nitro groups is 1. The van der Waals surface area contributed by atoms with Crippen molar-refractivity contribution in [2.24, 2.45) is 0 Å². The molecule has 2 aromatic carbocycles. The highest BCUT2D eigenvalue weighted by Crippen LogP contribution is 2.37. The highest BCUT2D eigenvalue weighted by molar-refractivity contribution is 8.27. The number of ketones is 1. The number of furan rings is 1. The van der Waals surface area contributed by atoms with E-state index >= 15 is 0 Å². The fourth-order valence-corrected chi connectivity index (χ4v) is 4.30. The quantitative estimate of drug-likeness (QED) is 0.167. The molecule has 1 aromatic heterocycles. The van der Waals surface area contributed by atoms with Gasteiger partial charge in [0.15, 0.2) is 10.1 Å². The third-order valence-corrected chi connectivity index (χ3v) is 5.87. The molecule has 0 bridgehead atoms. The summed E-state index contributed by atoms with van der Waals surface area (Å²) in [6.45, 7) is 1.46. The van der Waals surface area contributed by atoms with Gasteiger partial charge in [-0.15, -0.1) is 0 Å². The van der Waals surface area contributed by atoms with Gasteiger partial charge in [0.05, 0.1) is 15.5 Å². The molecule has 154 valence electrons. The summed E-state index contributed by atoms with van der Waals surface area (Å²) < 4.78 is 6.15. The number of anilines is 1. The minimum absolute atomic E-state index is 0.00644. The monoisotopic (exact) mass is 450 g/mol. The molecule has 1 saturated heterocycles. The molecule has 1 aliphatic rings. The number of nitrogens with zero attached hydrogens (tertiary/aromatic N) is 2. The fourth-order valence-electron chi connectivity index (χ4n) is 3.02. The summed E-state index contributed by atoms with van der Waals surface area (Å²) in [7, 11) is 0. The van der Waals surface area contributed by atoms with Crippen molar-refractivity contribution in [1.29, 1.82) is 0 Å². The molecule has 0 unspecified atom stereocenters. The zero-order valence-electron chi connectivity index (χ0n) is 16.1. The maximum atomic E-state index is 12.9. The summed E-state index contributed by atoms with van der Waals surface area (Å²) in [5, 5.41) is 10.8. The molecule has 2 heterocycles. The maximum absolute atomic E-state index is 12.9. The summed E-state index contributed by atoms with van der Waals surface area (Å²) in [5.74, 6) is 0.568. The normalized spacial score (nSPS) is 15.0. The Morgan fingerprint density at radius 2 is 1.90 bits per heavy atom. The minimum Gasteiger partial charge on any atom is -0.457 e. The van der Waals surface area contributed by atoms with E-state index in [1.54, 1.807) is 54.6 Å². The van der Waals surface area contributed by atoms with Crippen LogP contribution < -0.4 is 4.90 Å². The number of Topliss-reactive ketones (excluding diaryl/α,β-unsaturated/α-hetero) is 1. The highest BCUT2D eigenvalue weighted by Gasteiger charge is 2.33. The standard InChI is InChI=1S/C22H14N2O5S2/c1-13(25)15-3-2-4-17(11-15)23-21(26)20(31-22(23)30)12-18-9-10-19(29-18)14-5-7-16(8-6-14)24(27)28/h2-12H,1H3. The lowest BCUT2D eigenvalue weighted by Crippen LogP contribution is -2.27. The van der Waals surface area contributed by atoms with E-state index in [-0.39, 0.29) is 17.4 Å². The van der Waals surface area contributed by atoms with Gasteiger partial charge >= 0.3 is 0 Å². The van der Waals surface area contributed by atoms with Crippen molar-refractivity contribution in [3.8, 4) is 11.3 Å². The Morgan fingerprint density at radius 3 is 2.58 bits per heavy atom. The first kappa shape index (κ1) is 20.7. The van der Waals surface area contributed by atoms with Gasteiger partial charge in [0.1, 0.15) is 11.5 Å². The van der Waals surface area contributed by atoms with Crippen LogP contribution in [0.25, 0.3) is 17.4 Å². The van der Waals surface area contributed by atoms with Crippen LogP contribution in [0.3, 0.4) is 0 Å². The predicted molar refractivity (Wildman–Crippen MR) is 123 cm³/mol. The molecular weight excluding hydrogens is 436 g/mol. The summed E-state index contributed by atoms with van der Waals surface area (Å²) >= 11 is 6.52. The molecule has 3 aromatic rings. The molecule has 1 aliphatic heterocycles. The SMILES string of the molecule is CC(=O)c1cccc(N2C(=O)C(=Cc3ccc(-c4ccc([N+](=O)[O-])cc4)o3)SC2=S)c1. The zero-order chi connectivity index (χ0) is 22.1. The summed E-state index contributed by atoms with van der Waals surface area (Å²) in [6, 6.07) is 16.2. The summed E-state index contributed by atoms with van der Waals surface area (Å²) in [6.07, 6.45) is 1.60. The molecule has 0 radical (unpaired) electrons. The van der Waals surface area contributed by atoms with Crippen LogP contribution >= 0.6 is 24.0 Å². The Morgan fingerprint density at radius 1 is 1.16 bits per heavy atom. The van der Waals surface area contributed by atoms with Crippen LogP contribution in [0.1, 0.15) is 23.0 Å². The third kappa shape index (κ3) is 4.18. The summed E-state index contributed by atoms with van der Waals surface area (Å²) in [4.78, 5) is 36.7. The average molecular weight is 450 g/mol. The zero-order valence-corrected chi connectivity index (χ0v) is 17.7. The summed E-state index contributed by atoms with van der Waals surface area (Å²) in [5.41, 5.74) is 1.70. The molecule has 0 saturated carbocycles. The predicted octanol–water partition coefficient (Wildman–Crippen LogP) is 5.46. The Labute approximate surface area is 186 Å². The lowest BCUT2D eigenvalue weighted by molar-refractivity contribution is -0.384. The van der Waals surface area contributed by atoms with E-state index in [0.717, 1.165) is 11.8 Å². The van der Waals surface area contributed by atoms with Crippen LogP contribution in [0.2, 0.25) is 0 Å². The molecule has 4 rings (SSSR count). The van der Waals surface area contributed by atoms with E-state index in [1.807, 2.05) is 0 Å². The van der Waals surface area contributed by atoms with Crippen molar-refractivity contribution in [3.63, 3.8) is 0 Å². The minimum atomic E-state index is -0.467. The van der Waals surface area contributed by atoms with Crippen LogP contribution in [-0.2, 0) is 4.79 Å². The fraction of sp³-hybridized carbons (Fsp3) is 0.0455. The van der Waals surface area contributed by atoms with E-state index in [4.69, 9.17) is 16.6 Å². The number of thioether (sulfide) groups is 1. The van der Waals surface area contributed by atoms with Crippen molar-refractivity contribution < 1.29 is 18.9 Å². The molecule has 0 N–H and O–H groups in total. The Bertz CT molecular complexity index is 1260. The van der Waals surface area contributed by atoms with Gasteiger partial charge in [0, 0.05) is 29.3 Å². The van der Waals surface area contributed by atoms with Gasteiger partial charge in [0.25, 0.3) is 11.6 Å². The van der Waals surface area contributed by atoms with Crippen LogP contribution in [-0.4, -0.2) is 20.9 Å². The first-order chi connectivity index (χ1) is 14.8. The number of non-ortho nitro benzene ring substituents is 1. The highest BCUT2D eigenvalue weighted by atomic mass is 32.2. The number of thiocarbonyl (C=S) groups is 1. The van der Waals surface area contributed by atoms with Crippen molar-refractivity contribution in [2.75, 3.05) is 4.90 Å². The van der Waals surface area contributed by atoms with Gasteiger partial charge in [-0.25, -0.2) is 0 Å². The van der Waals surface area contributed by atoms with Crippen LogP contribution in [0.15, 0.2) is 70.0 Å². The van der Waals surface area contributed by atoms with Gasteiger partial charge in [-0.3, -0.25) is 24.6 Å². The molecule has 31 heavy (non-hydrogen) atoms. The van der Waals surface area contributed by atoms with E-state index in [2.05, 4.69) is 0 Å². The number of benzene rings is 2. The number of rotatable bonds is 5. The lowest BCUT2D eigenvalue weighted by atomic mass is 10.1. The second-order valence-corrected chi connectivity index (χ2v) is 8.31. The molecule has 0 aliphatic carbocycles. The average Bonchev–Trinajstić information content (AvgIpc) is 3.32. The maximum Gasteiger partial charge on any atom is 0.270 e. The molecule has 0 atom stereocenters. The van der Waals surface area contributed by atoms with E-state index in [0.29, 0.717) is 37.6 Å². The van der Waals surface area contributed by atoms with Gasteiger partial charge in [0.2, 0.25) is 0 Å². The third-order valence-electron chi connectivity index (χ3n) is 4.57. The molecule has 9 heteroatoms. The van der Waals surface area contributed by atoms with Crippen molar-refractivity contribution in [3.05, 3.63) is 87.0 Å². The van der Waals surface area contributed by atoms with Crippen molar-refractivity contribution in [1.82, 2.24) is 0 Å². The molecular formula is C22H14N2O5S2. The number of nitro benzene ring substituents is 1. The van der Waals surface area contributed by atoms with E-state index in [9.17, 15) is 19.7 Å². The number of hydrogen-bond donors (Lipinski definition) is 0. The number of amides is 1. The first-order valence-electron chi connectivity index (χ1n) is 9.07. The van der Waals surface area contributed by atoms with Crippen molar-refractivity contribution in [2.45, 2.75) is 6.92 Å². The number of carbonyl (C=O) groups is 2. The molecule has 7 nitrogen and oxygen atoms in total. The van der Waals surface area contributed by atoms with Gasteiger partial charge < -0.3 is 4.42 Å². The second kappa shape index (κ2) is 8.29. The first-order valence-corrected chi connectivity index (χ1v) is 10.3. The number of carbonyl (C=O) groups excluding carboxylic acids is 2. The Kier molecular flexibility index (Phi) is 5.53. The molecule has 1 fully saturated rings. The van der Waals surface area contributed by atoms with Crippen LogP contribution in [0.4, 0.5) is 11.4 Å². The van der Waals surface area contributed by atoms with E-state index < -0.39 is 4.92 Å². The van der Waals surface area contributed by atoms with E-state index in [1.165, 1.54) is 24.0 Å². The van der Waals surface area contributed by atoms with Gasteiger partial charge in [-0.1, -0.05) is 36.1 Å². The topological polar surface area (TPSA) is 93.7 Å². The van der Waals surface area contributed by atoms with Gasteiger partial charge in [-0.05, 0) is 43.3 Å². The largest absolute Gasteiger partial charge is 0.457 e. The van der Waals surface area contributed by atoms with Gasteiger partial charge in [-0.2, -0.15) is 0 Å². The second-order valence-electron chi connectivity index (χ2n) is 6.63. The molecule has 1 amide bonds. The van der Waals surface area contributed by atoms with Crippen LogP contribution in [0.5, 0.6) is 0 Å².